The SMILES string of the molecule is CCNCCN(C)Cc1ccc2ncccc2c1. The van der Waals surface area contributed by atoms with E-state index >= 15 is 0 Å². The second-order valence-electron chi connectivity index (χ2n) is 4.62. The number of nitrogens with one attached hydrogen (secondary N) is 1. The van der Waals surface area contributed by atoms with Crippen molar-refractivity contribution in [2.24, 2.45) is 0 Å². The zero-order chi connectivity index (χ0) is 12.8. The predicted molar refractivity (Wildman–Crippen MR) is 76.6 cm³/mol. The molecule has 2 rings (SSSR count). The molecule has 0 spiro atoms. The van der Waals surface area contributed by atoms with Crippen LogP contribution in [0.25, 0.3) is 10.9 Å². The Bertz CT molecular complexity index is 496. The minimum atomic E-state index is 0.982. The van der Waals surface area contributed by atoms with Crippen LogP contribution in [0.3, 0.4) is 0 Å². The normalized spacial score (nSPS) is 11.3. The molecule has 2 aromatic rings. The van der Waals surface area contributed by atoms with Gasteiger partial charge < -0.3 is 10.2 Å². The van der Waals surface area contributed by atoms with Crippen LogP contribution in [0.1, 0.15) is 12.5 Å². The molecule has 0 aliphatic carbocycles. The highest BCUT2D eigenvalue weighted by Crippen LogP contribution is 2.14. The summed E-state index contributed by atoms with van der Waals surface area (Å²) in [4.78, 5) is 6.67. The molecule has 0 saturated heterocycles. The zero-order valence-corrected chi connectivity index (χ0v) is 11.2. The van der Waals surface area contributed by atoms with Gasteiger partial charge in [-0.25, -0.2) is 0 Å². The molecule has 3 heteroatoms. The van der Waals surface area contributed by atoms with Crippen molar-refractivity contribution in [3.05, 3.63) is 42.1 Å². The first-order valence-corrected chi connectivity index (χ1v) is 6.52. The van der Waals surface area contributed by atoms with Crippen LogP contribution >= 0.6 is 0 Å². The molecule has 1 N–H and O–H groups in total. The Morgan fingerprint density at radius 2 is 2.17 bits per heavy atom. The van der Waals surface area contributed by atoms with Crippen LogP contribution in [0.4, 0.5) is 0 Å². The monoisotopic (exact) mass is 243 g/mol. The molecule has 0 atom stereocenters. The number of benzene rings is 1. The fourth-order valence-electron chi connectivity index (χ4n) is 2.06. The fraction of sp³-hybridized carbons (Fsp3) is 0.400. The minimum Gasteiger partial charge on any atom is -0.316 e. The van der Waals surface area contributed by atoms with Gasteiger partial charge in [0, 0.05) is 31.2 Å². The lowest BCUT2D eigenvalue weighted by molar-refractivity contribution is 0.326. The summed E-state index contributed by atoms with van der Waals surface area (Å²) in [5, 5.41) is 4.56. The minimum absolute atomic E-state index is 0.982. The molecule has 1 heterocycles. The lowest BCUT2D eigenvalue weighted by Gasteiger charge is -2.17. The van der Waals surface area contributed by atoms with Gasteiger partial charge in [-0.2, -0.15) is 0 Å². The maximum Gasteiger partial charge on any atom is 0.0702 e. The van der Waals surface area contributed by atoms with E-state index in [2.05, 4.69) is 53.4 Å². The van der Waals surface area contributed by atoms with Gasteiger partial charge in [0.15, 0.2) is 0 Å². The number of likely N-dealkylation sites (N-methyl/N-ethyl adjacent to an activating group) is 2. The van der Waals surface area contributed by atoms with Crippen molar-refractivity contribution in [3.63, 3.8) is 0 Å². The molecule has 96 valence electrons. The van der Waals surface area contributed by atoms with Crippen molar-refractivity contribution in [1.29, 1.82) is 0 Å². The Morgan fingerprint density at radius 3 is 3.00 bits per heavy atom. The predicted octanol–water partition coefficient (Wildman–Crippen LogP) is 2.28. The Labute approximate surface area is 109 Å². The molecule has 0 saturated carbocycles. The van der Waals surface area contributed by atoms with Gasteiger partial charge in [-0.05, 0) is 37.4 Å². The molecule has 0 aliphatic heterocycles. The number of nitrogens with zero attached hydrogens (tertiary/aromatic N) is 2. The van der Waals surface area contributed by atoms with Crippen LogP contribution in [-0.4, -0.2) is 36.6 Å². The smallest absolute Gasteiger partial charge is 0.0702 e. The fourth-order valence-corrected chi connectivity index (χ4v) is 2.06. The van der Waals surface area contributed by atoms with Gasteiger partial charge in [-0.1, -0.05) is 19.1 Å². The molecule has 3 nitrogen and oxygen atoms in total. The Kier molecular flexibility index (Phi) is 4.67. The van der Waals surface area contributed by atoms with Crippen LogP contribution in [0, 0.1) is 0 Å². The van der Waals surface area contributed by atoms with E-state index < -0.39 is 0 Å². The van der Waals surface area contributed by atoms with Gasteiger partial charge in [0.2, 0.25) is 0 Å². The van der Waals surface area contributed by atoms with Gasteiger partial charge in [-0.15, -0.1) is 0 Å². The van der Waals surface area contributed by atoms with Gasteiger partial charge >= 0.3 is 0 Å². The second kappa shape index (κ2) is 6.47. The lowest BCUT2D eigenvalue weighted by Crippen LogP contribution is -2.28. The zero-order valence-electron chi connectivity index (χ0n) is 11.2. The molecule has 1 aromatic heterocycles. The Balaban J connectivity index is 1.98. The van der Waals surface area contributed by atoms with E-state index in [4.69, 9.17) is 0 Å². The summed E-state index contributed by atoms with van der Waals surface area (Å²) >= 11 is 0. The van der Waals surface area contributed by atoms with E-state index in [-0.39, 0.29) is 0 Å². The van der Waals surface area contributed by atoms with E-state index in [0.717, 1.165) is 31.7 Å². The number of fused-ring (bicyclic) bond motifs is 1. The third-order valence-corrected chi connectivity index (χ3v) is 3.04. The van der Waals surface area contributed by atoms with Gasteiger partial charge in [-0.3, -0.25) is 4.98 Å². The lowest BCUT2D eigenvalue weighted by atomic mass is 10.1. The average Bonchev–Trinajstić information content (AvgIpc) is 2.39. The third-order valence-electron chi connectivity index (χ3n) is 3.04. The Morgan fingerprint density at radius 1 is 1.28 bits per heavy atom. The topological polar surface area (TPSA) is 28.2 Å². The van der Waals surface area contributed by atoms with Crippen LogP contribution in [0.15, 0.2) is 36.5 Å². The quantitative estimate of drug-likeness (QED) is 0.789. The number of rotatable bonds is 6. The van der Waals surface area contributed by atoms with E-state index in [1.165, 1.54) is 10.9 Å². The maximum atomic E-state index is 4.34. The molecular formula is C15H21N3. The summed E-state index contributed by atoms with van der Waals surface area (Å²) in [5.41, 5.74) is 2.41. The van der Waals surface area contributed by atoms with Crippen molar-refractivity contribution in [3.8, 4) is 0 Å². The second-order valence-corrected chi connectivity index (χ2v) is 4.62. The molecule has 0 aliphatic rings. The van der Waals surface area contributed by atoms with Gasteiger partial charge in [0.25, 0.3) is 0 Å². The van der Waals surface area contributed by atoms with Crippen molar-refractivity contribution in [1.82, 2.24) is 15.2 Å². The van der Waals surface area contributed by atoms with Crippen LogP contribution in [-0.2, 0) is 6.54 Å². The first kappa shape index (κ1) is 13.0. The van der Waals surface area contributed by atoms with Crippen LogP contribution < -0.4 is 5.32 Å². The summed E-state index contributed by atoms with van der Waals surface area (Å²) in [6, 6.07) is 10.6. The van der Waals surface area contributed by atoms with Gasteiger partial charge in [0.05, 0.1) is 5.52 Å². The molecule has 1 aromatic carbocycles. The number of pyridine rings is 1. The highest BCUT2D eigenvalue weighted by atomic mass is 15.1. The molecule has 0 amide bonds. The standard InChI is InChI=1S/C15H21N3/c1-3-16-9-10-18(2)12-13-6-7-15-14(11-13)5-4-8-17-15/h4-8,11,16H,3,9-10,12H2,1-2H3. The van der Waals surface area contributed by atoms with E-state index in [9.17, 15) is 0 Å². The highest BCUT2D eigenvalue weighted by Gasteiger charge is 2.01. The maximum absolute atomic E-state index is 4.34. The van der Waals surface area contributed by atoms with Crippen molar-refractivity contribution in [2.45, 2.75) is 13.5 Å². The van der Waals surface area contributed by atoms with Crippen molar-refractivity contribution >= 4 is 10.9 Å². The highest BCUT2D eigenvalue weighted by molar-refractivity contribution is 5.78. The first-order chi connectivity index (χ1) is 8.79. The number of hydrogen-bond acceptors (Lipinski definition) is 3. The van der Waals surface area contributed by atoms with Gasteiger partial charge in [0.1, 0.15) is 0 Å². The van der Waals surface area contributed by atoms with Crippen molar-refractivity contribution in [2.75, 3.05) is 26.7 Å². The molecular weight excluding hydrogens is 222 g/mol. The summed E-state index contributed by atoms with van der Waals surface area (Å²) in [7, 11) is 2.16. The largest absolute Gasteiger partial charge is 0.316 e. The average molecular weight is 243 g/mol. The Hall–Kier alpha value is -1.45. The van der Waals surface area contributed by atoms with E-state index in [0.29, 0.717) is 0 Å². The van der Waals surface area contributed by atoms with E-state index in [1.807, 2.05) is 12.3 Å². The molecule has 0 radical (unpaired) electrons. The molecule has 0 fully saturated rings. The summed E-state index contributed by atoms with van der Waals surface area (Å²) in [6.45, 7) is 6.27. The molecule has 0 bridgehead atoms. The molecule has 18 heavy (non-hydrogen) atoms. The van der Waals surface area contributed by atoms with Crippen LogP contribution in [0.2, 0.25) is 0 Å². The molecule has 0 unspecified atom stereocenters. The van der Waals surface area contributed by atoms with E-state index in [1.54, 1.807) is 0 Å². The third kappa shape index (κ3) is 3.52. The van der Waals surface area contributed by atoms with Crippen LogP contribution in [0.5, 0.6) is 0 Å². The number of aromatic nitrogens is 1. The van der Waals surface area contributed by atoms with Crippen molar-refractivity contribution < 1.29 is 0 Å². The summed E-state index contributed by atoms with van der Waals surface area (Å²) < 4.78 is 0. The number of hydrogen-bond donors (Lipinski definition) is 1. The summed E-state index contributed by atoms with van der Waals surface area (Å²) in [6.07, 6.45) is 1.84. The first-order valence-electron chi connectivity index (χ1n) is 6.52. The summed E-state index contributed by atoms with van der Waals surface area (Å²) in [5.74, 6) is 0.